The second-order valence-electron chi connectivity index (χ2n) is 3.38. The Bertz CT molecular complexity index is 434. The molecule has 1 aromatic rings. The van der Waals surface area contributed by atoms with Crippen LogP contribution in [0, 0.1) is 0 Å². The van der Waals surface area contributed by atoms with Gasteiger partial charge in [0.1, 0.15) is 0 Å². The highest BCUT2D eigenvalue weighted by molar-refractivity contribution is 7.89. The fourth-order valence-electron chi connectivity index (χ4n) is 1.46. The zero-order chi connectivity index (χ0) is 10.9. The maximum Gasteiger partial charge on any atom is 0.264 e. The van der Waals surface area contributed by atoms with Crippen molar-refractivity contribution in [1.29, 1.82) is 0 Å². The van der Waals surface area contributed by atoms with E-state index in [0.717, 1.165) is 0 Å². The molecule has 1 fully saturated rings. The number of nitrogens with zero attached hydrogens (tertiary/aromatic N) is 4. The molecule has 1 aliphatic heterocycles. The predicted octanol–water partition coefficient (Wildman–Crippen LogP) is -1.59. The molecule has 1 aliphatic rings. The summed E-state index contributed by atoms with van der Waals surface area (Å²) < 4.78 is 26.8. The van der Waals surface area contributed by atoms with Crippen LogP contribution in [-0.4, -0.2) is 53.9 Å². The summed E-state index contributed by atoms with van der Waals surface area (Å²) in [7, 11) is -1.80. The van der Waals surface area contributed by atoms with Crippen molar-refractivity contribution in [2.24, 2.45) is 7.05 Å². The van der Waals surface area contributed by atoms with Crippen molar-refractivity contribution >= 4 is 10.0 Å². The van der Waals surface area contributed by atoms with E-state index in [4.69, 9.17) is 0 Å². The molecule has 2 rings (SSSR count). The summed E-state index contributed by atoms with van der Waals surface area (Å²) in [5, 5.41) is 10.4. The molecule has 1 aromatic heterocycles. The van der Waals surface area contributed by atoms with E-state index in [1.807, 2.05) is 0 Å². The van der Waals surface area contributed by atoms with Gasteiger partial charge in [-0.1, -0.05) is 5.21 Å². The van der Waals surface area contributed by atoms with Gasteiger partial charge in [-0.15, -0.1) is 5.10 Å². The molecule has 0 saturated carbocycles. The largest absolute Gasteiger partial charge is 0.314 e. The molecule has 2 heterocycles. The van der Waals surface area contributed by atoms with Crippen LogP contribution in [0.2, 0.25) is 0 Å². The van der Waals surface area contributed by atoms with E-state index in [9.17, 15) is 8.42 Å². The number of rotatable bonds is 2. The summed E-state index contributed by atoms with van der Waals surface area (Å²) in [4.78, 5) is 0. The van der Waals surface area contributed by atoms with E-state index in [1.165, 1.54) is 15.2 Å². The van der Waals surface area contributed by atoms with Gasteiger partial charge in [0.05, 0.1) is 6.20 Å². The number of nitrogens with one attached hydrogen (secondary N) is 1. The Morgan fingerprint density at radius 2 is 2.07 bits per heavy atom. The van der Waals surface area contributed by atoms with E-state index in [-0.39, 0.29) is 5.03 Å². The molecule has 0 amide bonds. The number of piperazine rings is 1. The zero-order valence-electron chi connectivity index (χ0n) is 8.42. The van der Waals surface area contributed by atoms with Gasteiger partial charge in [0.2, 0.25) is 5.03 Å². The molecule has 0 spiro atoms. The lowest BCUT2D eigenvalue weighted by Gasteiger charge is -2.25. The highest BCUT2D eigenvalue weighted by atomic mass is 32.2. The summed E-state index contributed by atoms with van der Waals surface area (Å²) in [5.41, 5.74) is 0. The minimum Gasteiger partial charge on any atom is -0.314 e. The van der Waals surface area contributed by atoms with Crippen LogP contribution < -0.4 is 5.32 Å². The Morgan fingerprint density at radius 1 is 1.40 bits per heavy atom. The van der Waals surface area contributed by atoms with Crippen molar-refractivity contribution in [2.75, 3.05) is 26.2 Å². The molecule has 0 bridgehead atoms. The Hall–Kier alpha value is -0.990. The van der Waals surface area contributed by atoms with Crippen molar-refractivity contribution in [3.8, 4) is 0 Å². The first-order chi connectivity index (χ1) is 7.10. The maximum absolute atomic E-state index is 12.0. The van der Waals surface area contributed by atoms with Gasteiger partial charge < -0.3 is 5.32 Å². The lowest BCUT2D eigenvalue weighted by Crippen LogP contribution is -2.46. The third-order valence-electron chi connectivity index (χ3n) is 2.26. The third kappa shape index (κ3) is 2.01. The molecule has 8 heteroatoms. The lowest BCUT2D eigenvalue weighted by atomic mass is 10.4. The third-order valence-corrected chi connectivity index (χ3v) is 4.02. The molecule has 0 radical (unpaired) electrons. The fourth-order valence-corrected chi connectivity index (χ4v) is 2.81. The van der Waals surface area contributed by atoms with Gasteiger partial charge in [-0.3, -0.25) is 4.68 Å². The summed E-state index contributed by atoms with van der Waals surface area (Å²) in [6.45, 7) is 2.33. The molecule has 1 N–H and O–H groups in total. The van der Waals surface area contributed by atoms with Crippen LogP contribution in [0.15, 0.2) is 11.2 Å². The van der Waals surface area contributed by atoms with Crippen LogP contribution in [-0.2, 0) is 17.1 Å². The smallest absolute Gasteiger partial charge is 0.264 e. The summed E-state index contributed by atoms with van der Waals surface area (Å²) in [6.07, 6.45) is 1.41. The first-order valence-electron chi connectivity index (χ1n) is 4.68. The van der Waals surface area contributed by atoms with Crippen LogP contribution in [0.5, 0.6) is 0 Å². The quantitative estimate of drug-likeness (QED) is 0.663. The Kier molecular flexibility index (Phi) is 2.72. The standard InChI is InChI=1S/C7H13N5O2S/c1-11-6-7(9-10-11)15(13,14)12-4-2-8-3-5-12/h6,8H,2-5H2,1H3. The number of hydrogen-bond donors (Lipinski definition) is 1. The minimum atomic E-state index is -3.44. The van der Waals surface area contributed by atoms with E-state index in [1.54, 1.807) is 7.05 Å². The second kappa shape index (κ2) is 3.87. The first kappa shape index (κ1) is 10.5. The fraction of sp³-hybridized carbons (Fsp3) is 0.714. The Labute approximate surface area is 88.1 Å². The molecular formula is C7H13N5O2S. The van der Waals surface area contributed by atoms with Crippen molar-refractivity contribution in [3.63, 3.8) is 0 Å². The highest BCUT2D eigenvalue weighted by Crippen LogP contribution is 2.12. The molecule has 84 valence electrons. The molecule has 0 aliphatic carbocycles. The van der Waals surface area contributed by atoms with Crippen LogP contribution in [0.1, 0.15) is 0 Å². The first-order valence-corrected chi connectivity index (χ1v) is 6.12. The Balaban J connectivity index is 2.26. The minimum absolute atomic E-state index is 0.0203. The van der Waals surface area contributed by atoms with Crippen molar-refractivity contribution in [1.82, 2.24) is 24.6 Å². The molecule has 0 aromatic carbocycles. The van der Waals surface area contributed by atoms with Gasteiger partial charge in [-0.25, -0.2) is 8.42 Å². The highest BCUT2D eigenvalue weighted by Gasteiger charge is 2.28. The SMILES string of the molecule is Cn1cc(S(=O)(=O)N2CCNCC2)nn1. The van der Waals surface area contributed by atoms with Crippen molar-refractivity contribution in [3.05, 3.63) is 6.20 Å². The van der Waals surface area contributed by atoms with Gasteiger partial charge >= 0.3 is 0 Å². The number of hydrogen-bond acceptors (Lipinski definition) is 5. The molecule has 7 nitrogen and oxygen atoms in total. The molecule has 15 heavy (non-hydrogen) atoms. The van der Waals surface area contributed by atoms with E-state index >= 15 is 0 Å². The van der Waals surface area contributed by atoms with Crippen LogP contribution in [0.3, 0.4) is 0 Å². The number of aromatic nitrogens is 3. The van der Waals surface area contributed by atoms with Gasteiger partial charge in [0.25, 0.3) is 10.0 Å². The normalized spacial score (nSPS) is 19.3. The van der Waals surface area contributed by atoms with Gasteiger partial charge in [-0.05, 0) is 0 Å². The van der Waals surface area contributed by atoms with Crippen LogP contribution in [0.25, 0.3) is 0 Å². The van der Waals surface area contributed by atoms with E-state index in [0.29, 0.717) is 26.2 Å². The van der Waals surface area contributed by atoms with Crippen LogP contribution in [0.4, 0.5) is 0 Å². The summed E-state index contributed by atoms with van der Waals surface area (Å²) in [5.74, 6) is 0. The number of aryl methyl sites for hydroxylation is 1. The molecular weight excluding hydrogens is 218 g/mol. The number of sulfonamides is 1. The predicted molar refractivity (Wildman–Crippen MR) is 52.6 cm³/mol. The monoisotopic (exact) mass is 231 g/mol. The molecule has 1 saturated heterocycles. The average molecular weight is 231 g/mol. The lowest BCUT2D eigenvalue weighted by molar-refractivity contribution is 0.359. The zero-order valence-corrected chi connectivity index (χ0v) is 9.24. The summed E-state index contributed by atoms with van der Waals surface area (Å²) >= 11 is 0. The molecule has 0 atom stereocenters. The van der Waals surface area contributed by atoms with Crippen molar-refractivity contribution < 1.29 is 8.42 Å². The Morgan fingerprint density at radius 3 is 2.60 bits per heavy atom. The van der Waals surface area contributed by atoms with Crippen LogP contribution >= 0.6 is 0 Å². The summed E-state index contributed by atoms with van der Waals surface area (Å²) in [6, 6.07) is 0. The van der Waals surface area contributed by atoms with Gasteiger partial charge in [-0.2, -0.15) is 4.31 Å². The van der Waals surface area contributed by atoms with E-state index < -0.39 is 10.0 Å². The average Bonchev–Trinajstić information content (AvgIpc) is 2.67. The van der Waals surface area contributed by atoms with Crippen molar-refractivity contribution in [2.45, 2.75) is 5.03 Å². The van der Waals surface area contributed by atoms with Gasteiger partial charge in [0.15, 0.2) is 0 Å². The van der Waals surface area contributed by atoms with E-state index in [2.05, 4.69) is 15.6 Å². The second-order valence-corrected chi connectivity index (χ2v) is 5.27. The maximum atomic E-state index is 12.0. The molecule has 0 unspecified atom stereocenters. The topological polar surface area (TPSA) is 80.1 Å². The van der Waals surface area contributed by atoms with Gasteiger partial charge in [0, 0.05) is 33.2 Å².